The minimum atomic E-state index is 0.0963. The molecule has 0 heterocycles. The first-order chi connectivity index (χ1) is 13.7. The van der Waals surface area contributed by atoms with Crippen LogP contribution in [0.5, 0.6) is 0 Å². The molecule has 0 saturated carbocycles. The highest BCUT2D eigenvalue weighted by Gasteiger charge is 2.43. The standard InChI is InChI=1S/C27H33Br/c1-4-7-9-11-18-27(19-12-10-8-5-2)24-20-21(6-3)16-17-22(24)23-14-13-15-25(28)26(23)27/h3,13-17,20H,4-5,7-12,18-19H2,1-2H3. The summed E-state index contributed by atoms with van der Waals surface area (Å²) in [6, 6.07) is 13.4. The van der Waals surface area contributed by atoms with E-state index >= 15 is 0 Å². The number of hydrogen-bond donors (Lipinski definition) is 0. The molecule has 0 amide bonds. The van der Waals surface area contributed by atoms with Crippen molar-refractivity contribution in [1.29, 1.82) is 0 Å². The van der Waals surface area contributed by atoms with E-state index in [4.69, 9.17) is 6.42 Å². The average Bonchev–Trinajstić information content (AvgIpc) is 2.99. The van der Waals surface area contributed by atoms with Crippen LogP contribution in [0.3, 0.4) is 0 Å². The maximum Gasteiger partial charge on any atom is 0.0246 e. The van der Waals surface area contributed by atoms with Crippen LogP contribution in [0, 0.1) is 12.3 Å². The van der Waals surface area contributed by atoms with Gasteiger partial charge in [0.2, 0.25) is 0 Å². The van der Waals surface area contributed by atoms with E-state index in [9.17, 15) is 0 Å². The lowest BCUT2D eigenvalue weighted by Gasteiger charge is -2.33. The zero-order chi connectivity index (χ0) is 20.0. The number of benzene rings is 2. The second-order valence-electron chi connectivity index (χ2n) is 8.27. The van der Waals surface area contributed by atoms with Gasteiger partial charge in [-0.25, -0.2) is 0 Å². The lowest BCUT2D eigenvalue weighted by Crippen LogP contribution is -2.26. The summed E-state index contributed by atoms with van der Waals surface area (Å²) in [5.74, 6) is 2.88. The van der Waals surface area contributed by atoms with Crippen LogP contribution < -0.4 is 0 Å². The third-order valence-corrected chi connectivity index (χ3v) is 7.06. The molecule has 2 aromatic carbocycles. The molecule has 148 valence electrons. The maximum absolute atomic E-state index is 5.79. The number of unbranched alkanes of at least 4 members (excludes halogenated alkanes) is 6. The molecular formula is C27H33Br. The Labute approximate surface area is 180 Å². The summed E-state index contributed by atoms with van der Waals surface area (Å²) in [4.78, 5) is 0. The van der Waals surface area contributed by atoms with E-state index in [1.165, 1.54) is 90.9 Å². The van der Waals surface area contributed by atoms with Crippen molar-refractivity contribution >= 4 is 15.9 Å². The van der Waals surface area contributed by atoms with Crippen LogP contribution in [-0.2, 0) is 5.41 Å². The van der Waals surface area contributed by atoms with Crippen molar-refractivity contribution in [1.82, 2.24) is 0 Å². The van der Waals surface area contributed by atoms with Gasteiger partial charge in [0.15, 0.2) is 0 Å². The molecule has 0 atom stereocenters. The molecule has 3 rings (SSSR count). The molecule has 1 aliphatic carbocycles. The minimum absolute atomic E-state index is 0.0963. The molecule has 0 saturated heterocycles. The highest BCUT2D eigenvalue weighted by molar-refractivity contribution is 9.10. The smallest absolute Gasteiger partial charge is 0.0246 e. The van der Waals surface area contributed by atoms with E-state index in [-0.39, 0.29) is 5.41 Å². The minimum Gasteiger partial charge on any atom is -0.115 e. The van der Waals surface area contributed by atoms with E-state index in [0.29, 0.717) is 0 Å². The van der Waals surface area contributed by atoms with Gasteiger partial charge in [0.25, 0.3) is 0 Å². The molecule has 0 aliphatic heterocycles. The monoisotopic (exact) mass is 436 g/mol. The van der Waals surface area contributed by atoms with E-state index in [1.54, 1.807) is 0 Å². The Balaban J connectivity index is 2.08. The zero-order valence-corrected chi connectivity index (χ0v) is 19.1. The average molecular weight is 437 g/mol. The van der Waals surface area contributed by atoms with Crippen LogP contribution in [0.25, 0.3) is 11.1 Å². The SMILES string of the molecule is C#Cc1ccc2c(c1)C(CCCCCC)(CCCCCC)c1c(Br)cccc1-2. The Morgan fingerprint density at radius 1 is 0.857 bits per heavy atom. The molecule has 2 aromatic rings. The van der Waals surface area contributed by atoms with Crippen molar-refractivity contribution in [2.24, 2.45) is 0 Å². The van der Waals surface area contributed by atoms with E-state index in [2.05, 4.69) is 72.1 Å². The van der Waals surface area contributed by atoms with Crippen LogP contribution in [0.4, 0.5) is 0 Å². The summed E-state index contributed by atoms with van der Waals surface area (Å²) in [6.45, 7) is 4.58. The Bertz CT molecular complexity index is 828. The van der Waals surface area contributed by atoms with Crippen molar-refractivity contribution in [2.75, 3.05) is 0 Å². The predicted octanol–water partition coefficient (Wildman–Crippen LogP) is 8.64. The highest BCUT2D eigenvalue weighted by Crippen LogP contribution is 2.56. The van der Waals surface area contributed by atoms with Gasteiger partial charge in [-0.1, -0.05) is 105 Å². The molecule has 0 radical (unpaired) electrons. The van der Waals surface area contributed by atoms with E-state index in [1.807, 2.05) is 0 Å². The second-order valence-corrected chi connectivity index (χ2v) is 9.12. The lowest BCUT2D eigenvalue weighted by atomic mass is 9.70. The predicted molar refractivity (Wildman–Crippen MR) is 126 cm³/mol. The van der Waals surface area contributed by atoms with Crippen LogP contribution in [0.1, 0.15) is 94.7 Å². The summed E-state index contributed by atoms with van der Waals surface area (Å²) in [5, 5.41) is 0. The Morgan fingerprint density at radius 2 is 1.54 bits per heavy atom. The van der Waals surface area contributed by atoms with Crippen molar-refractivity contribution in [3.8, 4) is 23.5 Å². The first-order valence-corrected chi connectivity index (χ1v) is 11.9. The largest absolute Gasteiger partial charge is 0.115 e. The normalized spacial score (nSPS) is 13.8. The number of fused-ring (bicyclic) bond motifs is 3. The van der Waals surface area contributed by atoms with Gasteiger partial charge in [-0.05, 0) is 53.3 Å². The maximum atomic E-state index is 5.79. The molecule has 0 unspecified atom stereocenters. The van der Waals surface area contributed by atoms with Gasteiger partial charge in [0.1, 0.15) is 0 Å². The number of terminal acetylenes is 1. The van der Waals surface area contributed by atoms with Gasteiger partial charge >= 0.3 is 0 Å². The fourth-order valence-corrected chi connectivity index (χ4v) is 5.73. The molecule has 28 heavy (non-hydrogen) atoms. The number of rotatable bonds is 10. The molecule has 1 heteroatoms. The van der Waals surface area contributed by atoms with Gasteiger partial charge in [-0.15, -0.1) is 6.42 Å². The topological polar surface area (TPSA) is 0 Å². The van der Waals surface area contributed by atoms with Crippen molar-refractivity contribution in [2.45, 2.75) is 83.5 Å². The van der Waals surface area contributed by atoms with E-state index in [0.717, 1.165) is 5.56 Å². The van der Waals surface area contributed by atoms with Gasteiger partial charge < -0.3 is 0 Å². The summed E-state index contributed by atoms with van der Waals surface area (Å²) < 4.78 is 1.26. The van der Waals surface area contributed by atoms with E-state index < -0.39 is 0 Å². The molecule has 0 spiro atoms. The quantitative estimate of drug-likeness (QED) is 0.258. The first kappa shape index (κ1) is 21.2. The Hall–Kier alpha value is -1.52. The molecule has 0 fully saturated rings. The van der Waals surface area contributed by atoms with Crippen LogP contribution in [-0.4, -0.2) is 0 Å². The third kappa shape index (κ3) is 4.08. The molecule has 0 nitrogen and oxygen atoms in total. The summed E-state index contributed by atoms with van der Waals surface area (Å²) in [6.07, 6.45) is 18.6. The fourth-order valence-electron chi connectivity index (χ4n) is 4.99. The number of hydrogen-bond acceptors (Lipinski definition) is 0. The van der Waals surface area contributed by atoms with Crippen LogP contribution in [0.15, 0.2) is 40.9 Å². The van der Waals surface area contributed by atoms with Crippen LogP contribution >= 0.6 is 15.9 Å². The molecule has 0 aromatic heterocycles. The fraction of sp³-hybridized carbons (Fsp3) is 0.481. The van der Waals surface area contributed by atoms with Crippen molar-refractivity contribution in [3.05, 3.63) is 57.6 Å². The molecule has 1 aliphatic rings. The molecule has 0 bridgehead atoms. The Kier molecular flexibility index (Phi) is 7.42. The molecule has 0 N–H and O–H groups in total. The zero-order valence-electron chi connectivity index (χ0n) is 17.5. The van der Waals surface area contributed by atoms with Crippen molar-refractivity contribution < 1.29 is 0 Å². The highest BCUT2D eigenvalue weighted by atomic mass is 79.9. The summed E-state index contributed by atoms with van der Waals surface area (Å²) in [5.41, 5.74) is 6.87. The Morgan fingerprint density at radius 3 is 2.14 bits per heavy atom. The van der Waals surface area contributed by atoms with Gasteiger partial charge in [0, 0.05) is 15.5 Å². The number of halogens is 1. The second kappa shape index (κ2) is 9.80. The third-order valence-electron chi connectivity index (χ3n) is 6.40. The van der Waals surface area contributed by atoms with Gasteiger partial charge in [0.05, 0.1) is 0 Å². The van der Waals surface area contributed by atoms with Gasteiger partial charge in [-0.2, -0.15) is 0 Å². The summed E-state index contributed by atoms with van der Waals surface area (Å²) in [7, 11) is 0. The summed E-state index contributed by atoms with van der Waals surface area (Å²) >= 11 is 3.92. The van der Waals surface area contributed by atoms with Crippen molar-refractivity contribution in [3.63, 3.8) is 0 Å². The molecular weight excluding hydrogens is 404 g/mol. The lowest BCUT2D eigenvalue weighted by molar-refractivity contribution is 0.399. The first-order valence-electron chi connectivity index (χ1n) is 11.1. The van der Waals surface area contributed by atoms with Crippen LogP contribution in [0.2, 0.25) is 0 Å². The van der Waals surface area contributed by atoms with Gasteiger partial charge in [-0.3, -0.25) is 0 Å².